The maximum atomic E-state index is 13.7. The van der Waals surface area contributed by atoms with Crippen LogP contribution in [0.3, 0.4) is 0 Å². The van der Waals surface area contributed by atoms with E-state index in [9.17, 15) is 9.67 Å². The molecule has 1 N–H and O–H groups in total. The van der Waals surface area contributed by atoms with E-state index in [0.717, 1.165) is 11.1 Å². The van der Waals surface area contributed by atoms with E-state index in [-0.39, 0.29) is 0 Å². The van der Waals surface area contributed by atoms with Gasteiger partial charge in [-0.05, 0) is 60.4 Å². The van der Waals surface area contributed by atoms with Crippen molar-refractivity contribution >= 4 is 7.14 Å². The third-order valence-electron chi connectivity index (χ3n) is 4.45. The Morgan fingerprint density at radius 3 is 1.81 bits per heavy atom. The van der Waals surface area contributed by atoms with E-state index in [4.69, 9.17) is 0 Å². The number of aromatic nitrogens is 3. The van der Waals surface area contributed by atoms with Crippen molar-refractivity contribution in [3.05, 3.63) is 90.3 Å². The second kappa shape index (κ2) is 8.84. The summed E-state index contributed by atoms with van der Waals surface area (Å²) in [6.45, 7) is 0. The number of hydrogen-bond donors (Lipinski definition) is 1. The molecule has 0 aliphatic heterocycles. The second-order valence-electron chi connectivity index (χ2n) is 6.24. The van der Waals surface area contributed by atoms with E-state index < -0.39 is 13.0 Å². The standard InChI is InChI=1S/C20H22N3O2P/c24-20(19-3-1-2-10-23-19)26(25,15-8-17-4-11-21-12-5-17)16-9-18-6-13-22-14-7-18/h1-7,10-14,20,24H,8-9,15-16H2. The zero-order valence-electron chi connectivity index (χ0n) is 14.5. The van der Waals surface area contributed by atoms with Gasteiger partial charge in [-0.3, -0.25) is 15.0 Å². The maximum absolute atomic E-state index is 13.7. The quantitative estimate of drug-likeness (QED) is 0.614. The van der Waals surface area contributed by atoms with Crippen molar-refractivity contribution in [2.45, 2.75) is 18.7 Å². The second-order valence-corrected chi connectivity index (χ2v) is 9.53. The van der Waals surface area contributed by atoms with Gasteiger partial charge in [0.05, 0.1) is 5.69 Å². The van der Waals surface area contributed by atoms with Crippen LogP contribution in [-0.4, -0.2) is 32.4 Å². The van der Waals surface area contributed by atoms with Crippen LogP contribution in [0.25, 0.3) is 0 Å². The largest absolute Gasteiger partial charge is 0.379 e. The molecule has 0 aliphatic carbocycles. The van der Waals surface area contributed by atoms with Crippen molar-refractivity contribution in [3.8, 4) is 0 Å². The van der Waals surface area contributed by atoms with Gasteiger partial charge in [0.25, 0.3) is 0 Å². The van der Waals surface area contributed by atoms with Gasteiger partial charge in [-0.2, -0.15) is 0 Å². The fourth-order valence-corrected chi connectivity index (χ4v) is 5.48. The van der Waals surface area contributed by atoms with Crippen LogP contribution in [-0.2, 0) is 17.4 Å². The van der Waals surface area contributed by atoms with Crippen LogP contribution in [0.2, 0.25) is 0 Å². The minimum atomic E-state index is -2.91. The van der Waals surface area contributed by atoms with E-state index in [1.807, 2.05) is 30.3 Å². The van der Waals surface area contributed by atoms with Crippen LogP contribution >= 0.6 is 7.14 Å². The minimum absolute atomic E-state index is 0.430. The van der Waals surface area contributed by atoms with Crippen LogP contribution in [0, 0.1) is 0 Å². The first-order valence-corrected chi connectivity index (χ1v) is 10.8. The lowest BCUT2D eigenvalue weighted by Gasteiger charge is -2.24. The third-order valence-corrected chi connectivity index (χ3v) is 7.57. The van der Waals surface area contributed by atoms with Crippen molar-refractivity contribution in [3.63, 3.8) is 0 Å². The molecule has 0 spiro atoms. The number of nitrogens with zero attached hydrogens (tertiary/aromatic N) is 3. The summed E-state index contributed by atoms with van der Waals surface area (Å²) in [6.07, 6.45) is 10.7. The average Bonchev–Trinajstić information content (AvgIpc) is 2.72. The monoisotopic (exact) mass is 367 g/mol. The van der Waals surface area contributed by atoms with Gasteiger partial charge in [0.2, 0.25) is 0 Å². The van der Waals surface area contributed by atoms with E-state index in [0.29, 0.717) is 30.9 Å². The molecule has 1 atom stereocenters. The summed E-state index contributed by atoms with van der Waals surface area (Å²) in [5, 5.41) is 10.8. The van der Waals surface area contributed by atoms with E-state index in [1.54, 1.807) is 43.1 Å². The first kappa shape index (κ1) is 18.4. The Kier molecular flexibility index (Phi) is 6.26. The molecule has 0 saturated heterocycles. The highest BCUT2D eigenvalue weighted by Crippen LogP contribution is 2.57. The SMILES string of the molecule is O=P(CCc1ccncc1)(CCc1ccncc1)C(O)c1ccccn1. The molecule has 0 saturated carbocycles. The average molecular weight is 367 g/mol. The van der Waals surface area contributed by atoms with Gasteiger partial charge in [-0.25, -0.2) is 0 Å². The lowest BCUT2D eigenvalue weighted by Crippen LogP contribution is -2.11. The van der Waals surface area contributed by atoms with Crippen molar-refractivity contribution in [2.75, 3.05) is 12.3 Å². The van der Waals surface area contributed by atoms with Gasteiger partial charge in [-0.1, -0.05) is 6.07 Å². The molecule has 26 heavy (non-hydrogen) atoms. The van der Waals surface area contributed by atoms with Crippen LogP contribution in [0.5, 0.6) is 0 Å². The molecule has 5 nitrogen and oxygen atoms in total. The van der Waals surface area contributed by atoms with Crippen LogP contribution in [0.15, 0.2) is 73.4 Å². The van der Waals surface area contributed by atoms with Crippen molar-refractivity contribution in [1.29, 1.82) is 0 Å². The smallest absolute Gasteiger partial charge is 0.148 e. The summed E-state index contributed by atoms with van der Waals surface area (Å²) in [7, 11) is -2.91. The number of aliphatic hydroxyl groups is 1. The highest BCUT2D eigenvalue weighted by molar-refractivity contribution is 7.64. The molecule has 0 bridgehead atoms. The molecule has 3 rings (SSSR count). The summed E-state index contributed by atoms with van der Waals surface area (Å²) < 4.78 is 13.7. The molecule has 0 fully saturated rings. The first-order valence-electron chi connectivity index (χ1n) is 8.62. The summed E-state index contributed by atoms with van der Waals surface area (Å²) in [6, 6.07) is 13.0. The number of aliphatic hydroxyl groups excluding tert-OH is 1. The Labute approximate surface area is 153 Å². The van der Waals surface area contributed by atoms with Gasteiger partial charge >= 0.3 is 0 Å². The number of pyridine rings is 3. The molecule has 0 aliphatic rings. The molecule has 0 amide bonds. The highest BCUT2D eigenvalue weighted by Gasteiger charge is 2.33. The van der Waals surface area contributed by atoms with Crippen molar-refractivity contribution in [2.24, 2.45) is 0 Å². The van der Waals surface area contributed by atoms with Gasteiger partial charge in [-0.15, -0.1) is 0 Å². The van der Waals surface area contributed by atoms with E-state index in [1.165, 1.54) is 0 Å². The summed E-state index contributed by atoms with van der Waals surface area (Å²) in [5.41, 5.74) is 2.61. The number of hydrogen-bond acceptors (Lipinski definition) is 5. The lowest BCUT2D eigenvalue weighted by atomic mass is 10.2. The number of rotatable bonds is 8. The molecule has 134 valence electrons. The molecule has 3 heterocycles. The molecule has 0 radical (unpaired) electrons. The topological polar surface area (TPSA) is 76.0 Å². The van der Waals surface area contributed by atoms with Crippen molar-refractivity contribution in [1.82, 2.24) is 15.0 Å². The zero-order chi connectivity index (χ0) is 18.2. The van der Waals surface area contributed by atoms with Crippen LogP contribution in [0.4, 0.5) is 0 Å². The molecule has 6 heteroatoms. The predicted octanol–water partition coefficient (Wildman–Crippen LogP) is 3.71. The van der Waals surface area contributed by atoms with E-state index >= 15 is 0 Å². The third kappa shape index (κ3) is 4.84. The van der Waals surface area contributed by atoms with Gasteiger partial charge in [0.1, 0.15) is 13.0 Å². The Bertz CT molecular complexity index is 797. The Balaban J connectivity index is 1.78. The summed E-state index contributed by atoms with van der Waals surface area (Å²) in [5.74, 6) is -1.05. The molecule has 0 aromatic carbocycles. The molecule has 3 aromatic rings. The normalized spacial score (nSPS) is 12.7. The van der Waals surface area contributed by atoms with Gasteiger partial charge in [0.15, 0.2) is 0 Å². The first-order chi connectivity index (χ1) is 12.7. The lowest BCUT2D eigenvalue weighted by molar-refractivity contribution is 0.248. The molecule has 3 aromatic heterocycles. The fraction of sp³-hybridized carbons (Fsp3) is 0.250. The maximum Gasteiger partial charge on any atom is 0.148 e. The van der Waals surface area contributed by atoms with Gasteiger partial charge < -0.3 is 9.67 Å². The summed E-state index contributed by atoms with van der Waals surface area (Å²) in [4.78, 5) is 12.2. The summed E-state index contributed by atoms with van der Waals surface area (Å²) >= 11 is 0. The molecular weight excluding hydrogens is 345 g/mol. The van der Waals surface area contributed by atoms with Gasteiger partial charge in [0, 0.05) is 43.3 Å². The fourth-order valence-electron chi connectivity index (χ4n) is 2.86. The van der Waals surface area contributed by atoms with Crippen LogP contribution < -0.4 is 0 Å². The molecule has 1 unspecified atom stereocenters. The Hall–Kier alpha value is -2.36. The van der Waals surface area contributed by atoms with Crippen molar-refractivity contribution < 1.29 is 9.67 Å². The predicted molar refractivity (Wildman–Crippen MR) is 102 cm³/mol. The molecular formula is C20H22N3O2P. The Morgan fingerprint density at radius 1 is 0.808 bits per heavy atom. The highest BCUT2D eigenvalue weighted by atomic mass is 31.2. The zero-order valence-corrected chi connectivity index (χ0v) is 15.4. The Morgan fingerprint density at radius 2 is 1.35 bits per heavy atom. The number of aryl methyl sites for hydroxylation is 2. The minimum Gasteiger partial charge on any atom is -0.379 e. The van der Waals surface area contributed by atoms with Crippen LogP contribution in [0.1, 0.15) is 22.7 Å². The van der Waals surface area contributed by atoms with E-state index in [2.05, 4.69) is 15.0 Å².